The standard InChI is InChI=1S/C16H20FN3O4/c17-14-7-11(20-9-12(8-18)24-16(20)23)1-2-13(14)10-3-5-19(6-4-10)15(21)22/h1-2,7,10,12H,3-6,8-9,18H2,(H,21,22)/t12-/m0/s1. The molecule has 130 valence electrons. The molecule has 2 fully saturated rings. The van der Waals surface area contributed by atoms with E-state index in [1.807, 2.05) is 0 Å². The van der Waals surface area contributed by atoms with Gasteiger partial charge in [0.2, 0.25) is 0 Å². The van der Waals surface area contributed by atoms with Crippen molar-refractivity contribution in [1.29, 1.82) is 0 Å². The fraction of sp³-hybridized carbons (Fsp3) is 0.500. The molecule has 2 heterocycles. The van der Waals surface area contributed by atoms with Crippen molar-refractivity contribution in [2.45, 2.75) is 24.9 Å². The second-order valence-electron chi connectivity index (χ2n) is 6.10. The molecule has 2 amide bonds. The molecule has 7 nitrogen and oxygen atoms in total. The predicted molar refractivity (Wildman–Crippen MR) is 84.6 cm³/mol. The Balaban J connectivity index is 1.72. The van der Waals surface area contributed by atoms with E-state index in [-0.39, 0.29) is 24.4 Å². The van der Waals surface area contributed by atoms with Crippen LogP contribution < -0.4 is 10.6 Å². The normalized spacial score (nSPS) is 21.9. The Hall–Kier alpha value is -2.35. The lowest BCUT2D eigenvalue weighted by molar-refractivity contribution is 0.131. The summed E-state index contributed by atoms with van der Waals surface area (Å²) in [6, 6.07) is 4.70. The third kappa shape index (κ3) is 3.14. The Morgan fingerprint density at radius 1 is 1.38 bits per heavy atom. The smallest absolute Gasteiger partial charge is 0.414 e. The maximum absolute atomic E-state index is 14.5. The van der Waals surface area contributed by atoms with Crippen LogP contribution in [-0.4, -0.2) is 54.5 Å². The zero-order valence-electron chi connectivity index (χ0n) is 13.2. The van der Waals surface area contributed by atoms with Crippen LogP contribution >= 0.6 is 0 Å². The average molecular weight is 337 g/mol. The lowest BCUT2D eigenvalue weighted by Gasteiger charge is -2.30. The molecule has 2 saturated heterocycles. The molecule has 1 atom stereocenters. The molecule has 24 heavy (non-hydrogen) atoms. The highest BCUT2D eigenvalue weighted by Crippen LogP contribution is 2.32. The zero-order chi connectivity index (χ0) is 17.3. The van der Waals surface area contributed by atoms with E-state index in [2.05, 4.69) is 0 Å². The molecule has 3 rings (SSSR count). The van der Waals surface area contributed by atoms with Crippen molar-refractivity contribution >= 4 is 17.9 Å². The van der Waals surface area contributed by atoms with Crippen molar-refractivity contribution < 1.29 is 23.8 Å². The summed E-state index contributed by atoms with van der Waals surface area (Å²) in [6.45, 7) is 1.34. The lowest BCUT2D eigenvalue weighted by atomic mass is 9.89. The summed E-state index contributed by atoms with van der Waals surface area (Å²) < 4.78 is 19.6. The molecule has 0 saturated carbocycles. The van der Waals surface area contributed by atoms with Gasteiger partial charge in [-0.2, -0.15) is 0 Å². The van der Waals surface area contributed by atoms with Gasteiger partial charge in [0.05, 0.1) is 12.2 Å². The van der Waals surface area contributed by atoms with E-state index >= 15 is 0 Å². The zero-order valence-corrected chi connectivity index (χ0v) is 13.2. The van der Waals surface area contributed by atoms with Gasteiger partial charge in [-0.05, 0) is 36.5 Å². The van der Waals surface area contributed by atoms with Gasteiger partial charge >= 0.3 is 12.2 Å². The number of hydrogen-bond donors (Lipinski definition) is 2. The van der Waals surface area contributed by atoms with E-state index in [9.17, 15) is 14.0 Å². The van der Waals surface area contributed by atoms with Crippen molar-refractivity contribution in [2.75, 3.05) is 31.1 Å². The molecule has 0 radical (unpaired) electrons. The Labute approximate surface area is 138 Å². The minimum Gasteiger partial charge on any atom is -0.465 e. The van der Waals surface area contributed by atoms with Gasteiger partial charge in [0, 0.05) is 19.6 Å². The molecule has 0 aliphatic carbocycles. The fourth-order valence-electron chi connectivity index (χ4n) is 3.25. The number of nitrogens with two attached hydrogens (primary N) is 1. The van der Waals surface area contributed by atoms with E-state index in [1.165, 1.54) is 15.9 Å². The van der Waals surface area contributed by atoms with Crippen molar-refractivity contribution in [3.8, 4) is 0 Å². The number of benzene rings is 1. The third-order valence-electron chi connectivity index (χ3n) is 4.64. The predicted octanol–water partition coefficient (Wildman–Crippen LogP) is 1.97. The molecule has 8 heteroatoms. The van der Waals surface area contributed by atoms with E-state index in [0.717, 1.165) is 0 Å². The van der Waals surface area contributed by atoms with Crippen LogP contribution in [-0.2, 0) is 4.74 Å². The molecule has 0 aromatic heterocycles. The molecule has 0 unspecified atom stereocenters. The third-order valence-corrected chi connectivity index (χ3v) is 4.64. The van der Waals surface area contributed by atoms with E-state index in [1.54, 1.807) is 12.1 Å². The molecule has 1 aromatic carbocycles. The second-order valence-corrected chi connectivity index (χ2v) is 6.10. The van der Waals surface area contributed by atoms with Crippen LogP contribution in [0.2, 0.25) is 0 Å². The number of hydrogen-bond acceptors (Lipinski definition) is 4. The summed E-state index contributed by atoms with van der Waals surface area (Å²) in [5, 5.41) is 8.97. The summed E-state index contributed by atoms with van der Waals surface area (Å²) in [7, 11) is 0. The van der Waals surface area contributed by atoms with Crippen LogP contribution in [0.15, 0.2) is 18.2 Å². The van der Waals surface area contributed by atoms with Gasteiger partial charge < -0.3 is 20.5 Å². The molecular formula is C16H20FN3O4. The van der Waals surface area contributed by atoms with Crippen LogP contribution in [0.3, 0.4) is 0 Å². The first-order valence-corrected chi connectivity index (χ1v) is 7.95. The number of piperidine rings is 1. The summed E-state index contributed by atoms with van der Waals surface area (Å²) in [6.07, 6.45) is -0.660. The first-order valence-electron chi connectivity index (χ1n) is 7.95. The highest BCUT2D eigenvalue weighted by molar-refractivity contribution is 5.89. The van der Waals surface area contributed by atoms with Gasteiger partial charge in [0.15, 0.2) is 0 Å². The fourth-order valence-corrected chi connectivity index (χ4v) is 3.25. The molecule has 0 bridgehead atoms. The van der Waals surface area contributed by atoms with Crippen molar-refractivity contribution in [2.24, 2.45) is 5.73 Å². The van der Waals surface area contributed by atoms with Gasteiger partial charge in [0.1, 0.15) is 11.9 Å². The van der Waals surface area contributed by atoms with E-state index < -0.39 is 12.2 Å². The molecule has 2 aliphatic heterocycles. The number of likely N-dealkylation sites (tertiary alicyclic amines) is 1. The number of carbonyl (C=O) groups excluding carboxylic acids is 1. The number of cyclic esters (lactones) is 1. The Morgan fingerprint density at radius 2 is 2.08 bits per heavy atom. The summed E-state index contributed by atoms with van der Waals surface area (Å²) >= 11 is 0. The Kier molecular flexibility index (Phi) is 4.57. The molecule has 1 aromatic rings. The molecular weight excluding hydrogens is 317 g/mol. The van der Waals surface area contributed by atoms with Crippen molar-refractivity contribution in [1.82, 2.24) is 4.90 Å². The Morgan fingerprint density at radius 3 is 2.62 bits per heavy atom. The monoisotopic (exact) mass is 337 g/mol. The van der Waals surface area contributed by atoms with Gasteiger partial charge in [-0.1, -0.05) is 6.07 Å². The lowest BCUT2D eigenvalue weighted by Crippen LogP contribution is -2.37. The SMILES string of the molecule is NC[C@H]1CN(c2ccc(C3CCN(C(=O)O)CC3)c(F)c2)C(=O)O1. The van der Waals surface area contributed by atoms with Gasteiger partial charge in [0.25, 0.3) is 0 Å². The number of carbonyl (C=O) groups is 2. The number of rotatable bonds is 3. The number of halogens is 1. The largest absolute Gasteiger partial charge is 0.465 e. The van der Waals surface area contributed by atoms with Crippen LogP contribution in [0, 0.1) is 5.82 Å². The summed E-state index contributed by atoms with van der Waals surface area (Å²) in [4.78, 5) is 25.5. The van der Waals surface area contributed by atoms with Crippen molar-refractivity contribution in [3.63, 3.8) is 0 Å². The van der Waals surface area contributed by atoms with Gasteiger partial charge in [-0.15, -0.1) is 0 Å². The van der Waals surface area contributed by atoms with Gasteiger partial charge in [-0.3, -0.25) is 4.90 Å². The molecule has 3 N–H and O–H groups in total. The quantitative estimate of drug-likeness (QED) is 0.879. The van der Waals surface area contributed by atoms with Crippen molar-refractivity contribution in [3.05, 3.63) is 29.6 Å². The number of carboxylic acid groups (broad SMARTS) is 1. The Bertz CT molecular complexity index is 646. The second kappa shape index (κ2) is 6.64. The average Bonchev–Trinajstić information content (AvgIpc) is 2.96. The maximum Gasteiger partial charge on any atom is 0.414 e. The van der Waals surface area contributed by atoms with Crippen LogP contribution in [0.1, 0.15) is 24.3 Å². The first-order chi connectivity index (χ1) is 11.5. The molecule has 0 spiro atoms. The van der Waals surface area contributed by atoms with Crippen LogP contribution in [0.4, 0.5) is 19.7 Å². The minimum absolute atomic E-state index is 0.0167. The van der Waals surface area contributed by atoms with E-state index in [0.29, 0.717) is 43.7 Å². The van der Waals surface area contributed by atoms with Crippen LogP contribution in [0.5, 0.6) is 0 Å². The highest BCUT2D eigenvalue weighted by Gasteiger charge is 2.32. The highest BCUT2D eigenvalue weighted by atomic mass is 19.1. The van der Waals surface area contributed by atoms with Gasteiger partial charge in [-0.25, -0.2) is 14.0 Å². The summed E-state index contributed by atoms with van der Waals surface area (Å²) in [5.41, 5.74) is 6.50. The van der Waals surface area contributed by atoms with Crippen LogP contribution in [0.25, 0.3) is 0 Å². The maximum atomic E-state index is 14.5. The topological polar surface area (TPSA) is 96.1 Å². The molecule has 2 aliphatic rings. The summed E-state index contributed by atoms with van der Waals surface area (Å²) in [5.74, 6) is -0.401. The number of ether oxygens (including phenoxy) is 1. The number of anilines is 1. The number of nitrogens with zero attached hydrogens (tertiary/aromatic N) is 2. The van der Waals surface area contributed by atoms with E-state index in [4.69, 9.17) is 15.6 Å². The number of amides is 2. The first kappa shape index (κ1) is 16.5. The minimum atomic E-state index is -0.939.